The van der Waals surface area contributed by atoms with Gasteiger partial charge in [0.15, 0.2) is 5.13 Å². The Morgan fingerprint density at radius 3 is 3.00 bits per heavy atom. The topological polar surface area (TPSA) is 104 Å². The van der Waals surface area contributed by atoms with Crippen molar-refractivity contribution in [3.8, 4) is 0 Å². The number of nitrogens with one attached hydrogen (secondary N) is 2. The second kappa shape index (κ2) is 6.31. The third-order valence-electron chi connectivity index (χ3n) is 2.35. The van der Waals surface area contributed by atoms with Crippen molar-refractivity contribution in [3.05, 3.63) is 35.2 Å². The minimum Gasteiger partial charge on any atom is -0.467 e. The van der Waals surface area contributed by atoms with E-state index in [-0.39, 0.29) is 18.1 Å². The molecule has 2 rings (SSSR count). The Hall–Kier alpha value is -2.19. The van der Waals surface area contributed by atoms with Crippen molar-refractivity contribution < 1.29 is 19.1 Å². The van der Waals surface area contributed by atoms with Crippen LogP contribution in [0.2, 0.25) is 0 Å². The number of amides is 2. The van der Waals surface area contributed by atoms with E-state index in [9.17, 15) is 14.7 Å². The monoisotopic (exact) mass is 295 g/mol. The smallest absolute Gasteiger partial charge is 0.270 e. The lowest BCUT2D eigenvalue weighted by Gasteiger charge is -2.08. The van der Waals surface area contributed by atoms with Crippen LogP contribution in [0.15, 0.2) is 28.2 Å². The summed E-state index contributed by atoms with van der Waals surface area (Å²) in [7, 11) is 0. The first-order valence-corrected chi connectivity index (χ1v) is 6.67. The van der Waals surface area contributed by atoms with Crippen LogP contribution in [-0.4, -0.2) is 28.4 Å². The maximum Gasteiger partial charge on any atom is 0.270 e. The van der Waals surface area contributed by atoms with Crippen LogP contribution in [0, 0.1) is 0 Å². The third kappa shape index (κ3) is 3.65. The molecule has 0 aromatic carbocycles. The predicted molar refractivity (Wildman–Crippen MR) is 72.4 cm³/mol. The summed E-state index contributed by atoms with van der Waals surface area (Å²) in [6, 6.07) is 3.27. The van der Waals surface area contributed by atoms with Crippen LogP contribution in [0.3, 0.4) is 0 Å². The van der Waals surface area contributed by atoms with E-state index in [1.54, 1.807) is 12.1 Å². The highest BCUT2D eigenvalue weighted by molar-refractivity contribution is 7.14. The summed E-state index contributed by atoms with van der Waals surface area (Å²) < 4.78 is 5.02. The molecule has 0 aliphatic carbocycles. The molecule has 0 saturated heterocycles. The minimum atomic E-state index is -0.914. The fraction of sp³-hybridized carbons (Fsp3) is 0.250. The molecule has 3 N–H and O–H groups in total. The molecule has 0 fully saturated rings. The van der Waals surface area contributed by atoms with Gasteiger partial charge in [-0.3, -0.25) is 9.59 Å². The summed E-state index contributed by atoms with van der Waals surface area (Å²) in [4.78, 5) is 26.6. The van der Waals surface area contributed by atoms with Crippen molar-refractivity contribution >= 4 is 28.3 Å². The maximum atomic E-state index is 11.8. The van der Waals surface area contributed by atoms with Gasteiger partial charge in [-0.25, -0.2) is 4.98 Å². The van der Waals surface area contributed by atoms with E-state index in [1.165, 1.54) is 18.6 Å². The average Bonchev–Trinajstić information content (AvgIpc) is 3.05. The van der Waals surface area contributed by atoms with E-state index in [4.69, 9.17) is 4.42 Å². The second-order valence-electron chi connectivity index (χ2n) is 3.96. The van der Waals surface area contributed by atoms with Gasteiger partial charge in [0, 0.05) is 12.3 Å². The first-order valence-electron chi connectivity index (χ1n) is 5.79. The molecular formula is C12H13N3O4S. The molecule has 8 heteroatoms. The van der Waals surface area contributed by atoms with Crippen LogP contribution in [0.4, 0.5) is 5.13 Å². The minimum absolute atomic E-state index is 0.0132. The van der Waals surface area contributed by atoms with E-state index >= 15 is 0 Å². The van der Waals surface area contributed by atoms with Crippen molar-refractivity contribution in [1.29, 1.82) is 0 Å². The van der Waals surface area contributed by atoms with Gasteiger partial charge < -0.3 is 20.2 Å². The number of carbonyl (C=O) groups excluding carboxylic acids is 2. The predicted octanol–water partition coefficient (Wildman–Crippen LogP) is 1.16. The zero-order valence-electron chi connectivity index (χ0n) is 10.6. The molecule has 0 spiro atoms. The maximum absolute atomic E-state index is 11.8. The molecule has 1 unspecified atom stereocenters. The Morgan fingerprint density at radius 2 is 2.35 bits per heavy atom. The van der Waals surface area contributed by atoms with E-state index in [2.05, 4.69) is 15.6 Å². The summed E-state index contributed by atoms with van der Waals surface area (Å²) in [5, 5.41) is 16.7. The number of furan rings is 1. The van der Waals surface area contributed by atoms with E-state index in [0.29, 0.717) is 10.9 Å². The van der Waals surface area contributed by atoms with Gasteiger partial charge in [-0.05, 0) is 12.1 Å². The summed E-state index contributed by atoms with van der Waals surface area (Å²) in [6.45, 7) is 1.38. The quantitative estimate of drug-likeness (QED) is 0.767. The van der Waals surface area contributed by atoms with E-state index in [0.717, 1.165) is 11.3 Å². The van der Waals surface area contributed by atoms with Gasteiger partial charge in [-0.2, -0.15) is 0 Å². The van der Waals surface area contributed by atoms with Gasteiger partial charge in [0.2, 0.25) is 5.91 Å². The summed E-state index contributed by atoms with van der Waals surface area (Å²) in [5.41, 5.74) is 0.186. The second-order valence-corrected chi connectivity index (χ2v) is 4.82. The largest absolute Gasteiger partial charge is 0.467 e. The third-order valence-corrected chi connectivity index (χ3v) is 3.11. The van der Waals surface area contributed by atoms with Gasteiger partial charge in [-0.1, -0.05) is 0 Å². The van der Waals surface area contributed by atoms with Crippen molar-refractivity contribution in [2.45, 2.75) is 13.0 Å². The Bertz CT molecular complexity index is 594. The number of carbonyl (C=O) groups is 2. The highest BCUT2D eigenvalue weighted by atomic mass is 32.1. The first-order chi connectivity index (χ1) is 9.56. The molecule has 0 bridgehead atoms. The lowest BCUT2D eigenvalue weighted by Crippen LogP contribution is -2.28. The number of nitrogens with zero attached hydrogens (tertiary/aromatic N) is 1. The molecule has 0 radical (unpaired) electrons. The van der Waals surface area contributed by atoms with E-state index < -0.39 is 12.0 Å². The van der Waals surface area contributed by atoms with Crippen molar-refractivity contribution in [3.63, 3.8) is 0 Å². The molecule has 2 aromatic rings. The Kier molecular flexibility index (Phi) is 4.49. The molecule has 0 saturated carbocycles. The molecule has 0 aliphatic rings. The van der Waals surface area contributed by atoms with Crippen LogP contribution in [0.1, 0.15) is 29.3 Å². The number of anilines is 1. The zero-order chi connectivity index (χ0) is 14.5. The number of hydrogen-bond acceptors (Lipinski definition) is 6. The van der Waals surface area contributed by atoms with Crippen molar-refractivity contribution in [2.75, 3.05) is 11.9 Å². The molecule has 20 heavy (non-hydrogen) atoms. The molecule has 0 aliphatic heterocycles. The number of rotatable bonds is 5. The van der Waals surface area contributed by atoms with Crippen LogP contribution < -0.4 is 10.6 Å². The zero-order valence-corrected chi connectivity index (χ0v) is 11.4. The standard InChI is InChI=1S/C12H13N3O4S/c1-7(16)14-12-15-8(6-20-12)11(18)13-5-9(17)10-3-2-4-19-10/h2-4,6,9,17H,5H2,1H3,(H,13,18)(H,14,15,16). The lowest BCUT2D eigenvalue weighted by atomic mass is 10.2. The molecule has 2 heterocycles. The fourth-order valence-corrected chi connectivity index (χ4v) is 2.18. The first kappa shape index (κ1) is 14.2. The normalized spacial score (nSPS) is 11.9. The molecule has 2 aromatic heterocycles. The van der Waals surface area contributed by atoms with Crippen molar-refractivity contribution in [2.24, 2.45) is 0 Å². The number of aromatic nitrogens is 1. The number of thiazole rings is 1. The van der Waals surface area contributed by atoms with Crippen LogP contribution in [0.25, 0.3) is 0 Å². The summed E-state index contributed by atoms with van der Waals surface area (Å²) in [6.07, 6.45) is 0.531. The Labute approximate surface area is 118 Å². The Balaban J connectivity index is 1.88. The van der Waals surface area contributed by atoms with Crippen molar-refractivity contribution in [1.82, 2.24) is 10.3 Å². The van der Waals surface area contributed by atoms with Gasteiger partial charge in [-0.15, -0.1) is 11.3 Å². The lowest BCUT2D eigenvalue weighted by molar-refractivity contribution is -0.114. The summed E-state index contributed by atoms with van der Waals surface area (Å²) in [5.74, 6) is -0.300. The molecule has 2 amide bonds. The molecule has 7 nitrogen and oxygen atoms in total. The molecule has 106 valence electrons. The highest BCUT2D eigenvalue weighted by Crippen LogP contribution is 2.16. The molecular weight excluding hydrogens is 282 g/mol. The van der Waals surface area contributed by atoms with Gasteiger partial charge in [0.1, 0.15) is 17.6 Å². The van der Waals surface area contributed by atoms with Crippen LogP contribution in [-0.2, 0) is 4.79 Å². The average molecular weight is 295 g/mol. The van der Waals surface area contributed by atoms with Gasteiger partial charge in [0.25, 0.3) is 5.91 Å². The van der Waals surface area contributed by atoms with E-state index in [1.807, 2.05) is 0 Å². The molecule has 1 atom stereocenters. The van der Waals surface area contributed by atoms with Gasteiger partial charge in [0.05, 0.1) is 12.8 Å². The number of aliphatic hydroxyl groups excluding tert-OH is 1. The fourth-order valence-electron chi connectivity index (χ4n) is 1.45. The highest BCUT2D eigenvalue weighted by Gasteiger charge is 2.15. The van der Waals surface area contributed by atoms with Crippen LogP contribution in [0.5, 0.6) is 0 Å². The summed E-state index contributed by atoms with van der Waals surface area (Å²) >= 11 is 1.15. The number of aliphatic hydroxyl groups is 1. The van der Waals surface area contributed by atoms with Crippen LogP contribution >= 0.6 is 11.3 Å². The number of hydrogen-bond donors (Lipinski definition) is 3. The Morgan fingerprint density at radius 1 is 1.55 bits per heavy atom. The van der Waals surface area contributed by atoms with Gasteiger partial charge >= 0.3 is 0 Å². The SMILES string of the molecule is CC(=O)Nc1nc(C(=O)NCC(O)c2ccco2)cs1.